The highest BCUT2D eigenvalue weighted by atomic mass is 15.0. The number of para-hydroxylation sites is 5. The Bertz CT molecular complexity index is 2560. The molecule has 0 amide bonds. The highest BCUT2D eigenvalue weighted by Crippen LogP contribution is 2.39. The lowest BCUT2D eigenvalue weighted by molar-refractivity contribution is 1.13. The van der Waals surface area contributed by atoms with Crippen molar-refractivity contribution in [1.82, 2.24) is 19.1 Å². The number of fused-ring (bicyclic) bond motifs is 6. The predicted octanol–water partition coefficient (Wildman–Crippen LogP) is 9.88. The van der Waals surface area contributed by atoms with Gasteiger partial charge in [0.15, 0.2) is 0 Å². The fraction of sp³-hybridized carbons (Fsp3) is 0. The van der Waals surface area contributed by atoms with Crippen LogP contribution < -0.4 is 0 Å². The van der Waals surface area contributed by atoms with Crippen LogP contribution in [0.3, 0.4) is 0 Å². The number of nitrogens with zero attached hydrogens (tertiary/aromatic N) is 5. The van der Waals surface area contributed by atoms with Gasteiger partial charge in [0, 0.05) is 38.9 Å². The third kappa shape index (κ3) is 3.81. The lowest BCUT2D eigenvalue weighted by Crippen LogP contribution is -2.02. The largest absolute Gasteiger partial charge is 0.307 e. The standard InChI is InChI=1S/C41H25N5/c42-25-27-11-9-16-33(41(27)46-38-21-7-3-14-30(38)31-15-4-8-22-39(31)46)35-18-10-17-34(44-35)32-23-24-43-26-40(32)45-36-19-5-1-12-28(36)29-13-2-6-20-37(29)45/h1-24,26H. The normalized spacial score (nSPS) is 11.5. The summed E-state index contributed by atoms with van der Waals surface area (Å²) in [5.41, 5.74) is 10.2. The lowest BCUT2D eigenvalue weighted by atomic mass is 10.0. The average molecular weight is 588 g/mol. The van der Waals surface area contributed by atoms with E-state index in [0.717, 1.165) is 66.7 Å². The van der Waals surface area contributed by atoms with Crippen molar-refractivity contribution in [2.75, 3.05) is 0 Å². The summed E-state index contributed by atoms with van der Waals surface area (Å²) in [6.45, 7) is 0. The molecule has 9 aromatic rings. The van der Waals surface area contributed by atoms with Crippen molar-refractivity contribution in [3.05, 3.63) is 157 Å². The zero-order valence-corrected chi connectivity index (χ0v) is 24.7. The van der Waals surface area contributed by atoms with Crippen molar-refractivity contribution in [3.8, 4) is 40.0 Å². The molecule has 5 aromatic carbocycles. The van der Waals surface area contributed by atoms with E-state index >= 15 is 0 Å². The molecule has 4 heterocycles. The Morgan fingerprint density at radius 1 is 0.478 bits per heavy atom. The van der Waals surface area contributed by atoms with Gasteiger partial charge in [-0.05, 0) is 48.5 Å². The van der Waals surface area contributed by atoms with E-state index in [-0.39, 0.29) is 0 Å². The minimum absolute atomic E-state index is 0.589. The van der Waals surface area contributed by atoms with E-state index in [1.165, 1.54) is 10.8 Å². The second kappa shape index (κ2) is 10.3. The van der Waals surface area contributed by atoms with Gasteiger partial charge in [-0.25, -0.2) is 4.98 Å². The molecule has 0 saturated carbocycles. The minimum Gasteiger partial charge on any atom is -0.307 e. The Hall–Kier alpha value is -6.51. The van der Waals surface area contributed by atoms with Gasteiger partial charge in [0.1, 0.15) is 6.07 Å². The van der Waals surface area contributed by atoms with Gasteiger partial charge < -0.3 is 9.13 Å². The van der Waals surface area contributed by atoms with Crippen LogP contribution in [-0.4, -0.2) is 19.1 Å². The number of hydrogen-bond acceptors (Lipinski definition) is 3. The number of benzene rings is 5. The zero-order chi connectivity index (χ0) is 30.6. The summed E-state index contributed by atoms with van der Waals surface area (Å²) < 4.78 is 4.49. The van der Waals surface area contributed by atoms with Crippen molar-refractivity contribution in [2.24, 2.45) is 0 Å². The molecule has 0 N–H and O–H groups in total. The van der Waals surface area contributed by atoms with Crippen LogP contribution in [0.4, 0.5) is 0 Å². The van der Waals surface area contributed by atoms with Crippen LogP contribution in [0.2, 0.25) is 0 Å². The van der Waals surface area contributed by atoms with E-state index in [4.69, 9.17) is 4.98 Å². The molecule has 4 aromatic heterocycles. The lowest BCUT2D eigenvalue weighted by Gasteiger charge is -2.17. The van der Waals surface area contributed by atoms with E-state index in [1.54, 1.807) is 0 Å². The van der Waals surface area contributed by atoms with Gasteiger partial charge in [-0.15, -0.1) is 0 Å². The minimum atomic E-state index is 0.589. The first-order valence-corrected chi connectivity index (χ1v) is 15.2. The van der Waals surface area contributed by atoms with Crippen molar-refractivity contribution < 1.29 is 0 Å². The van der Waals surface area contributed by atoms with Crippen molar-refractivity contribution in [2.45, 2.75) is 0 Å². The molecule has 5 nitrogen and oxygen atoms in total. The number of rotatable bonds is 4. The van der Waals surface area contributed by atoms with E-state index in [1.807, 2.05) is 60.9 Å². The third-order valence-corrected chi connectivity index (χ3v) is 8.88. The average Bonchev–Trinajstić information content (AvgIpc) is 3.64. The predicted molar refractivity (Wildman–Crippen MR) is 186 cm³/mol. The highest BCUT2D eigenvalue weighted by molar-refractivity contribution is 6.11. The van der Waals surface area contributed by atoms with E-state index in [9.17, 15) is 5.26 Å². The van der Waals surface area contributed by atoms with Gasteiger partial charge in [-0.2, -0.15) is 5.26 Å². The van der Waals surface area contributed by atoms with Gasteiger partial charge in [0.05, 0.1) is 56.6 Å². The SMILES string of the molecule is N#Cc1cccc(-c2cccc(-c3ccncc3-n3c4ccccc4c4ccccc43)n2)c1-n1c2ccccc2c2ccccc21. The summed E-state index contributed by atoms with van der Waals surface area (Å²) >= 11 is 0. The van der Waals surface area contributed by atoms with Crippen molar-refractivity contribution in [1.29, 1.82) is 5.26 Å². The van der Waals surface area contributed by atoms with Gasteiger partial charge in [0.25, 0.3) is 0 Å². The second-order valence-electron chi connectivity index (χ2n) is 11.4. The summed E-state index contributed by atoms with van der Waals surface area (Å²) in [6, 6.07) is 50.2. The van der Waals surface area contributed by atoms with Crippen LogP contribution in [-0.2, 0) is 0 Å². The van der Waals surface area contributed by atoms with Crippen molar-refractivity contribution in [3.63, 3.8) is 0 Å². The summed E-state index contributed by atoms with van der Waals surface area (Å²) in [4.78, 5) is 9.85. The molecule has 0 saturated heterocycles. The molecular formula is C41H25N5. The first-order chi connectivity index (χ1) is 22.8. The number of aromatic nitrogens is 4. The Labute approximate surface area is 264 Å². The second-order valence-corrected chi connectivity index (χ2v) is 11.4. The molecule has 0 radical (unpaired) electrons. The molecule has 0 bridgehead atoms. The number of hydrogen-bond donors (Lipinski definition) is 0. The van der Waals surface area contributed by atoms with Crippen molar-refractivity contribution >= 4 is 43.6 Å². The maximum Gasteiger partial charge on any atom is 0.101 e. The Kier molecular flexibility index (Phi) is 5.81. The maximum absolute atomic E-state index is 10.4. The molecule has 0 spiro atoms. The summed E-state index contributed by atoms with van der Waals surface area (Å²) in [5, 5.41) is 15.1. The quantitative estimate of drug-likeness (QED) is 0.206. The first-order valence-electron chi connectivity index (χ1n) is 15.2. The van der Waals surface area contributed by atoms with Gasteiger partial charge in [0.2, 0.25) is 0 Å². The Balaban J connectivity index is 1.29. The van der Waals surface area contributed by atoms with Gasteiger partial charge >= 0.3 is 0 Å². The van der Waals surface area contributed by atoms with E-state index < -0.39 is 0 Å². The number of nitriles is 1. The van der Waals surface area contributed by atoms with E-state index in [0.29, 0.717) is 5.56 Å². The zero-order valence-electron chi connectivity index (χ0n) is 24.7. The summed E-state index contributed by atoms with van der Waals surface area (Å²) in [7, 11) is 0. The van der Waals surface area contributed by atoms with Crippen LogP contribution in [0.15, 0.2) is 152 Å². The smallest absolute Gasteiger partial charge is 0.101 e. The van der Waals surface area contributed by atoms with Gasteiger partial charge in [-0.1, -0.05) is 91.0 Å². The highest BCUT2D eigenvalue weighted by Gasteiger charge is 2.20. The Morgan fingerprint density at radius 2 is 0.978 bits per heavy atom. The maximum atomic E-state index is 10.4. The third-order valence-electron chi connectivity index (χ3n) is 8.88. The van der Waals surface area contributed by atoms with Crippen LogP contribution in [0, 0.1) is 11.3 Å². The van der Waals surface area contributed by atoms with Crippen LogP contribution in [0.1, 0.15) is 5.56 Å². The van der Waals surface area contributed by atoms with Crippen LogP contribution >= 0.6 is 0 Å². The molecule has 214 valence electrons. The summed E-state index contributed by atoms with van der Waals surface area (Å²) in [6.07, 6.45) is 3.74. The van der Waals surface area contributed by atoms with E-state index in [2.05, 4.69) is 111 Å². The monoisotopic (exact) mass is 587 g/mol. The Morgan fingerprint density at radius 3 is 1.54 bits per heavy atom. The fourth-order valence-electron chi connectivity index (χ4n) is 6.94. The van der Waals surface area contributed by atoms with Gasteiger partial charge in [-0.3, -0.25) is 4.98 Å². The molecule has 0 atom stereocenters. The number of pyridine rings is 2. The molecule has 5 heteroatoms. The summed E-state index contributed by atoms with van der Waals surface area (Å²) in [5.74, 6) is 0. The van der Waals surface area contributed by atoms with Crippen LogP contribution in [0.5, 0.6) is 0 Å². The molecule has 0 aliphatic carbocycles. The van der Waals surface area contributed by atoms with Crippen LogP contribution in [0.25, 0.3) is 77.5 Å². The molecule has 9 rings (SSSR count). The molecule has 0 fully saturated rings. The fourth-order valence-corrected chi connectivity index (χ4v) is 6.94. The molecule has 0 aliphatic heterocycles. The molecule has 0 aliphatic rings. The molecule has 0 unspecified atom stereocenters. The molecule has 46 heavy (non-hydrogen) atoms. The molecular weight excluding hydrogens is 562 g/mol. The first kappa shape index (κ1) is 25.9. The topological polar surface area (TPSA) is 59.4 Å².